The Morgan fingerprint density at radius 2 is 2.00 bits per heavy atom. The van der Waals surface area contributed by atoms with Crippen LogP contribution in [0, 0.1) is 0 Å². The van der Waals surface area contributed by atoms with E-state index >= 15 is 0 Å². The summed E-state index contributed by atoms with van der Waals surface area (Å²) in [7, 11) is -3.33. The maximum absolute atomic E-state index is 13.3. The molecule has 0 radical (unpaired) electrons. The van der Waals surface area contributed by atoms with Gasteiger partial charge < -0.3 is 5.32 Å². The molecule has 0 unspecified atom stereocenters. The zero-order chi connectivity index (χ0) is 18.2. The lowest BCUT2D eigenvalue weighted by atomic mass is 9.77. The fourth-order valence-corrected chi connectivity index (χ4v) is 7.11. The van der Waals surface area contributed by atoms with Gasteiger partial charge in [-0.25, -0.2) is 8.42 Å². The van der Waals surface area contributed by atoms with E-state index in [1.807, 2.05) is 18.3 Å². The molecule has 0 aromatic carbocycles. The van der Waals surface area contributed by atoms with E-state index in [1.54, 1.807) is 10.5 Å². The first-order valence-corrected chi connectivity index (χ1v) is 11.2. The maximum Gasteiger partial charge on any atom is 0.220 e. The molecular formula is C19H27N3O3S. The van der Waals surface area contributed by atoms with Crippen molar-refractivity contribution in [2.24, 2.45) is 0 Å². The summed E-state index contributed by atoms with van der Waals surface area (Å²) in [5.41, 5.74) is 0.510. The van der Waals surface area contributed by atoms with E-state index in [0.29, 0.717) is 19.5 Å². The molecule has 1 aromatic heterocycles. The van der Waals surface area contributed by atoms with Gasteiger partial charge in [-0.1, -0.05) is 25.3 Å². The summed E-state index contributed by atoms with van der Waals surface area (Å²) in [5, 5.41) is 2.91. The molecule has 1 amide bonds. The van der Waals surface area contributed by atoms with Crippen LogP contribution < -0.4 is 5.32 Å². The number of carbonyl (C=O) groups is 1. The smallest absolute Gasteiger partial charge is 0.220 e. The molecule has 1 spiro atoms. The molecule has 1 N–H and O–H groups in total. The topological polar surface area (TPSA) is 79.4 Å². The van der Waals surface area contributed by atoms with Crippen LogP contribution in [0.2, 0.25) is 0 Å². The second kappa shape index (κ2) is 6.93. The molecule has 1 aliphatic carbocycles. The number of carbonyl (C=O) groups excluding carboxylic acids is 1. The van der Waals surface area contributed by atoms with E-state index in [4.69, 9.17) is 0 Å². The number of hydrogen-bond acceptors (Lipinski definition) is 4. The van der Waals surface area contributed by atoms with Crippen LogP contribution in [0.4, 0.5) is 0 Å². The maximum atomic E-state index is 13.3. The van der Waals surface area contributed by atoms with Crippen molar-refractivity contribution in [3.05, 3.63) is 30.1 Å². The normalized spacial score (nSPS) is 31.2. The Morgan fingerprint density at radius 1 is 1.19 bits per heavy atom. The number of hydrogen-bond donors (Lipinski definition) is 1. The number of pyridine rings is 1. The fraction of sp³-hybridized carbons (Fsp3) is 0.684. The zero-order valence-electron chi connectivity index (χ0n) is 15.1. The summed E-state index contributed by atoms with van der Waals surface area (Å²) >= 11 is 0. The van der Waals surface area contributed by atoms with E-state index in [9.17, 15) is 13.2 Å². The van der Waals surface area contributed by atoms with Gasteiger partial charge in [-0.15, -0.1) is 0 Å². The van der Waals surface area contributed by atoms with Crippen LogP contribution >= 0.6 is 0 Å². The highest BCUT2D eigenvalue weighted by Crippen LogP contribution is 2.43. The minimum Gasteiger partial charge on any atom is -0.349 e. The van der Waals surface area contributed by atoms with Crippen molar-refractivity contribution < 1.29 is 13.2 Å². The molecule has 7 heteroatoms. The lowest BCUT2D eigenvalue weighted by Gasteiger charge is -2.39. The molecule has 0 bridgehead atoms. The molecule has 142 valence electrons. The Kier molecular flexibility index (Phi) is 4.77. The van der Waals surface area contributed by atoms with Crippen LogP contribution in [0.3, 0.4) is 0 Å². The van der Waals surface area contributed by atoms with Crippen molar-refractivity contribution in [2.75, 3.05) is 13.1 Å². The van der Waals surface area contributed by atoms with Crippen LogP contribution in [0.15, 0.2) is 24.5 Å². The molecule has 6 nitrogen and oxygen atoms in total. The number of sulfonamides is 1. The average Bonchev–Trinajstić information content (AvgIpc) is 3.02. The molecule has 3 aliphatic rings. The summed E-state index contributed by atoms with van der Waals surface area (Å²) in [4.78, 5) is 16.4. The largest absolute Gasteiger partial charge is 0.349 e. The van der Waals surface area contributed by atoms with Crippen LogP contribution in [0.5, 0.6) is 0 Å². The number of amides is 1. The zero-order valence-corrected chi connectivity index (χ0v) is 15.9. The van der Waals surface area contributed by atoms with Gasteiger partial charge in [0.05, 0.1) is 10.8 Å². The van der Waals surface area contributed by atoms with Gasteiger partial charge in [-0.3, -0.25) is 9.78 Å². The van der Waals surface area contributed by atoms with Crippen molar-refractivity contribution in [2.45, 2.75) is 68.1 Å². The number of rotatable bonds is 3. The Bertz CT molecular complexity index is 761. The van der Waals surface area contributed by atoms with Crippen LogP contribution in [-0.2, 0) is 14.8 Å². The third-order valence-corrected chi connectivity index (χ3v) is 8.66. The van der Waals surface area contributed by atoms with Crippen molar-refractivity contribution in [3.8, 4) is 0 Å². The lowest BCUT2D eigenvalue weighted by Crippen LogP contribution is -2.56. The highest BCUT2D eigenvalue weighted by atomic mass is 32.2. The van der Waals surface area contributed by atoms with Gasteiger partial charge in [-0.2, -0.15) is 4.31 Å². The number of nitrogens with one attached hydrogen (secondary N) is 1. The van der Waals surface area contributed by atoms with Crippen molar-refractivity contribution in [3.63, 3.8) is 0 Å². The molecule has 1 aromatic rings. The minimum absolute atomic E-state index is 0.0297. The molecule has 3 heterocycles. The van der Waals surface area contributed by atoms with Gasteiger partial charge in [0, 0.05) is 37.8 Å². The first-order valence-electron chi connectivity index (χ1n) is 9.71. The molecule has 2 atom stereocenters. The van der Waals surface area contributed by atoms with Crippen LogP contribution in [0.25, 0.3) is 0 Å². The Balaban J connectivity index is 1.66. The predicted molar refractivity (Wildman–Crippen MR) is 99.1 cm³/mol. The van der Waals surface area contributed by atoms with Gasteiger partial charge in [-0.05, 0) is 37.3 Å². The second-order valence-electron chi connectivity index (χ2n) is 7.99. The summed E-state index contributed by atoms with van der Waals surface area (Å²) in [6, 6.07) is 3.88. The highest BCUT2D eigenvalue weighted by molar-refractivity contribution is 7.89. The number of aromatic nitrogens is 1. The van der Waals surface area contributed by atoms with Gasteiger partial charge in [0.1, 0.15) is 0 Å². The molecule has 2 aliphatic heterocycles. The van der Waals surface area contributed by atoms with Crippen molar-refractivity contribution in [1.29, 1.82) is 0 Å². The highest BCUT2D eigenvalue weighted by Gasteiger charge is 2.53. The monoisotopic (exact) mass is 377 g/mol. The fourth-order valence-electron chi connectivity index (χ4n) is 4.99. The Morgan fingerprint density at radius 3 is 2.69 bits per heavy atom. The van der Waals surface area contributed by atoms with E-state index < -0.39 is 15.6 Å². The van der Waals surface area contributed by atoms with E-state index in [0.717, 1.165) is 50.5 Å². The molecular weight excluding hydrogens is 350 g/mol. The number of piperidine rings is 1. The summed E-state index contributed by atoms with van der Waals surface area (Å²) < 4.78 is 28.2. The third-order valence-electron chi connectivity index (χ3n) is 6.35. The summed E-state index contributed by atoms with van der Waals surface area (Å²) in [6.07, 6.45) is 10.3. The summed E-state index contributed by atoms with van der Waals surface area (Å²) in [6.45, 7) is 0.821. The minimum atomic E-state index is -3.33. The standard InChI is InChI=1S/C19H27N3O3S/c23-18-9-4-10-19(21-18)14-22(13-17(19)15-6-5-11-20-12-15)26(24,25)16-7-2-1-3-8-16/h5-6,11-12,16-17H,1-4,7-10,13-14H2,(H,21,23)/t17-,19+/m0/s1. The van der Waals surface area contributed by atoms with E-state index in [2.05, 4.69) is 10.3 Å². The Hall–Kier alpha value is -1.47. The van der Waals surface area contributed by atoms with E-state index in [-0.39, 0.29) is 17.1 Å². The third kappa shape index (κ3) is 3.16. The van der Waals surface area contributed by atoms with Crippen LogP contribution in [0.1, 0.15) is 62.8 Å². The first-order chi connectivity index (χ1) is 12.5. The van der Waals surface area contributed by atoms with E-state index in [1.165, 1.54) is 0 Å². The quantitative estimate of drug-likeness (QED) is 0.876. The molecule has 4 rings (SSSR count). The molecule has 26 heavy (non-hydrogen) atoms. The second-order valence-corrected chi connectivity index (χ2v) is 10.2. The van der Waals surface area contributed by atoms with Gasteiger partial charge in [0.25, 0.3) is 0 Å². The molecule has 3 fully saturated rings. The lowest BCUT2D eigenvalue weighted by molar-refractivity contribution is -0.125. The van der Waals surface area contributed by atoms with Crippen LogP contribution in [-0.4, -0.2) is 47.5 Å². The van der Waals surface area contributed by atoms with Crippen molar-refractivity contribution >= 4 is 15.9 Å². The van der Waals surface area contributed by atoms with Gasteiger partial charge in [0.2, 0.25) is 15.9 Å². The molecule has 2 saturated heterocycles. The Labute approximate surface area is 155 Å². The van der Waals surface area contributed by atoms with Gasteiger partial charge >= 0.3 is 0 Å². The number of nitrogens with zero attached hydrogens (tertiary/aromatic N) is 2. The summed E-state index contributed by atoms with van der Waals surface area (Å²) in [5.74, 6) is -0.0131. The SMILES string of the molecule is O=C1CCC[C@]2(CN(S(=O)(=O)C3CCCCC3)C[C@H]2c2cccnc2)N1. The first kappa shape index (κ1) is 17.9. The van der Waals surface area contributed by atoms with Crippen molar-refractivity contribution in [1.82, 2.24) is 14.6 Å². The average molecular weight is 378 g/mol. The molecule has 1 saturated carbocycles. The van der Waals surface area contributed by atoms with Gasteiger partial charge in [0.15, 0.2) is 0 Å². The predicted octanol–water partition coefficient (Wildman–Crippen LogP) is 2.18.